The maximum absolute atomic E-state index is 12.4. The van der Waals surface area contributed by atoms with Gasteiger partial charge in [0.1, 0.15) is 17.3 Å². The first-order chi connectivity index (χ1) is 13.8. The fraction of sp³-hybridized carbons (Fsp3) is 0.500. The number of hydrogen-bond donors (Lipinski definition) is 1. The average Bonchev–Trinajstić information content (AvgIpc) is 3.04. The number of nitrogens with one attached hydrogen (secondary N) is 1. The van der Waals surface area contributed by atoms with Gasteiger partial charge < -0.3 is 19.4 Å². The SMILES string of the molecule is CCN(CC)CCNC(=O)CS(=O)(=O)Cc1nc(-c2cccc(OC)c2)oc1C. The second-order valence-corrected chi connectivity index (χ2v) is 8.73. The number of ether oxygens (including phenoxy) is 1. The van der Waals surface area contributed by atoms with E-state index in [0.29, 0.717) is 41.7 Å². The molecule has 1 aromatic carbocycles. The molecule has 0 aliphatic heterocycles. The average molecular weight is 424 g/mol. The Morgan fingerprint density at radius 3 is 2.66 bits per heavy atom. The Hall–Kier alpha value is -2.39. The zero-order chi connectivity index (χ0) is 21.4. The topological polar surface area (TPSA) is 102 Å². The Kier molecular flexibility index (Phi) is 8.21. The number of methoxy groups -OCH3 is 1. The molecule has 9 heteroatoms. The molecule has 0 atom stereocenters. The second kappa shape index (κ2) is 10.4. The molecule has 0 saturated heterocycles. The van der Waals surface area contributed by atoms with Crippen LogP contribution in [0.15, 0.2) is 28.7 Å². The lowest BCUT2D eigenvalue weighted by atomic mass is 10.2. The van der Waals surface area contributed by atoms with Crippen LogP contribution in [-0.4, -0.2) is 63.3 Å². The maximum Gasteiger partial charge on any atom is 0.235 e. The van der Waals surface area contributed by atoms with Gasteiger partial charge in [0.15, 0.2) is 9.84 Å². The van der Waals surface area contributed by atoms with Gasteiger partial charge in [-0.25, -0.2) is 13.4 Å². The number of rotatable bonds is 11. The molecule has 0 bridgehead atoms. The molecule has 0 unspecified atom stereocenters. The van der Waals surface area contributed by atoms with Crippen LogP contribution in [0.4, 0.5) is 0 Å². The highest BCUT2D eigenvalue weighted by Crippen LogP contribution is 2.26. The predicted molar refractivity (Wildman–Crippen MR) is 112 cm³/mol. The van der Waals surface area contributed by atoms with Gasteiger partial charge in [0.05, 0.1) is 18.6 Å². The van der Waals surface area contributed by atoms with Crippen molar-refractivity contribution in [1.29, 1.82) is 0 Å². The van der Waals surface area contributed by atoms with Gasteiger partial charge in [-0.05, 0) is 38.2 Å². The summed E-state index contributed by atoms with van der Waals surface area (Å²) < 4.78 is 35.7. The monoisotopic (exact) mass is 423 g/mol. The van der Waals surface area contributed by atoms with Crippen LogP contribution < -0.4 is 10.1 Å². The largest absolute Gasteiger partial charge is 0.497 e. The fourth-order valence-electron chi connectivity index (χ4n) is 2.84. The summed E-state index contributed by atoms with van der Waals surface area (Å²) in [5.41, 5.74) is 0.990. The zero-order valence-corrected chi connectivity index (χ0v) is 18.2. The summed E-state index contributed by atoms with van der Waals surface area (Å²) in [5, 5.41) is 2.66. The first kappa shape index (κ1) is 22.9. The highest BCUT2D eigenvalue weighted by atomic mass is 32.2. The molecule has 0 aliphatic rings. The number of nitrogens with zero attached hydrogens (tertiary/aromatic N) is 2. The van der Waals surface area contributed by atoms with Crippen LogP contribution in [0, 0.1) is 6.92 Å². The summed E-state index contributed by atoms with van der Waals surface area (Å²) in [6.07, 6.45) is 0. The molecule has 2 rings (SSSR count). The van der Waals surface area contributed by atoms with Gasteiger partial charge in [-0.1, -0.05) is 19.9 Å². The molecule has 29 heavy (non-hydrogen) atoms. The number of amides is 1. The molecule has 1 N–H and O–H groups in total. The van der Waals surface area contributed by atoms with E-state index in [4.69, 9.17) is 9.15 Å². The van der Waals surface area contributed by atoms with Gasteiger partial charge >= 0.3 is 0 Å². The number of aryl methyl sites for hydroxylation is 1. The van der Waals surface area contributed by atoms with E-state index in [0.717, 1.165) is 13.1 Å². The minimum atomic E-state index is -3.67. The summed E-state index contributed by atoms with van der Waals surface area (Å²) in [7, 11) is -2.11. The zero-order valence-electron chi connectivity index (χ0n) is 17.4. The van der Waals surface area contributed by atoms with E-state index in [9.17, 15) is 13.2 Å². The fourth-order valence-corrected chi connectivity index (χ4v) is 4.13. The summed E-state index contributed by atoms with van der Waals surface area (Å²) >= 11 is 0. The highest BCUT2D eigenvalue weighted by molar-refractivity contribution is 7.91. The van der Waals surface area contributed by atoms with E-state index in [1.54, 1.807) is 38.3 Å². The molecule has 8 nitrogen and oxygen atoms in total. The van der Waals surface area contributed by atoms with E-state index in [-0.39, 0.29) is 5.75 Å². The van der Waals surface area contributed by atoms with Crippen LogP contribution in [0.25, 0.3) is 11.5 Å². The quantitative estimate of drug-likeness (QED) is 0.590. The minimum Gasteiger partial charge on any atom is -0.497 e. The molecular formula is C20H29N3O5S. The van der Waals surface area contributed by atoms with Gasteiger partial charge in [-0.3, -0.25) is 4.79 Å². The third-order valence-corrected chi connectivity index (χ3v) is 5.98. The Morgan fingerprint density at radius 1 is 1.28 bits per heavy atom. The van der Waals surface area contributed by atoms with Gasteiger partial charge in [-0.15, -0.1) is 0 Å². The number of carbonyl (C=O) groups is 1. The van der Waals surface area contributed by atoms with Crippen molar-refractivity contribution in [3.05, 3.63) is 35.7 Å². The van der Waals surface area contributed by atoms with Gasteiger partial charge in [0.2, 0.25) is 11.8 Å². The van der Waals surface area contributed by atoms with Crippen molar-refractivity contribution in [3.8, 4) is 17.2 Å². The van der Waals surface area contributed by atoms with Crippen molar-refractivity contribution in [2.45, 2.75) is 26.5 Å². The van der Waals surface area contributed by atoms with E-state index >= 15 is 0 Å². The number of likely N-dealkylation sites (N-methyl/N-ethyl adjacent to an activating group) is 1. The number of hydrogen-bond acceptors (Lipinski definition) is 7. The van der Waals surface area contributed by atoms with Crippen LogP contribution >= 0.6 is 0 Å². The summed E-state index contributed by atoms with van der Waals surface area (Å²) in [6, 6.07) is 7.15. The van der Waals surface area contributed by atoms with Crippen molar-refractivity contribution < 1.29 is 22.4 Å². The van der Waals surface area contributed by atoms with Crippen LogP contribution in [0.1, 0.15) is 25.3 Å². The summed E-state index contributed by atoms with van der Waals surface area (Å²) in [5.74, 6) is -0.0641. The Morgan fingerprint density at radius 2 is 2.00 bits per heavy atom. The van der Waals surface area contributed by atoms with Gasteiger partial charge in [0, 0.05) is 18.7 Å². The number of carbonyl (C=O) groups excluding carboxylic acids is 1. The van der Waals surface area contributed by atoms with E-state index < -0.39 is 21.5 Å². The van der Waals surface area contributed by atoms with Crippen molar-refractivity contribution >= 4 is 15.7 Å². The molecule has 160 valence electrons. The Labute approximate surface area is 172 Å². The molecular weight excluding hydrogens is 394 g/mol. The van der Waals surface area contributed by atoms with Crippen LogP contribution in [0.3, 0.4) is 0 Å². The molecule has 0 radical (unpaired) electrons. The first-order valence-electron chi connectivity index (χ1n) is 9.58. The lowest BCUT2D eigenvalue weighted by Crippen LogP contribution is -2.37. The standard InChI is InChI=1S/C20H29N3O5S/c1-5-23(6-2)11-10-21-19(24)14-29(25,26)13-18-15(3)28-20(22-18)16-8-7-9-17(12-16)27-4/h7-9,12H,5-6,10-11,13-14H2,1-4H3,(H,21,24). The Bertz CT molecular complexity index is 920. The van der Waals surface area contributed by atoms with E-state index in [1.165, 1.54) is 0 Å². The first-order valence-corrected chi connectivity index (χ1v) is 11.4. The smallest absolute Gasteiger partial charge is 0.235 e. The molecule has 1 amide bonds. The van der Waals surface area contributed by atoms with E-state index in [1.807, 2.05) is 13.8 Å². The van der Waals surface area contributed by atoms with Crippen molar-refractivity contribution in [2.75, 3.05) is 39.0 Å². The molecule has 1 aromatic heterocycles. The van der Waals surface area contributed by atoms with Crippen molar-refractivity contribution in [3.63, 3.8) is 0 Å². The highest BCUT2D eigenvalue weighted by Gasteiger charge is 2.22. The van der Waals surface area contributed by atoms with Gasteiger partial charge in [-0.2, -0.15) is 0 Å². The predicted octanol–water partition coefficient (Wildman–Crippen LogP) is 2.03. The lowest BCUT2D eigenvalue weighted by molar-refractivity contribution is -0.118. The molecule has 0 aliphatic carbocycles. The van der Waals surface area contributed by atoms with Crippen LogP contribution in [0.2, 0.25) is 0 Å². The number of oxazole rings is 1. The molecule has 0 fully saturated rings. The lowest BCUT2D eigenvalue weighted by Gasteiger charge is -2.17. The maximum atomic E-state index is 12.4. The second-order valence-electron chi connectivity index (χ2n) is 6.66. The Balaban J connectivity index is 1.99. The number of benzene rings is 1. The molecule has 0 spiro atoms. The third-order valence-electron chi connectivity index (χ3n) is 4.56. The summed E-state index contributed by atoms with van der Waals surface area (Å²) in [6.45, 7) is 8.60. The number of sulfone groups is 1. The van der Waals surface area contributed by atoms with Crippen molar-refractivity contribution in [2.24, 2.45) is 0 Å². The van der Waals surface area contributed by atoms with E-state index in [2.05, 4.69) is 15.2 Å². The number of aromatic nitrogens is 1. The van der Waals surface area contributed by atoms with Crippen molar-refractivity contribution in [1.82, 2.24) is 15.2 Å². The third kappa shape index (κ3) is 6.86. The van der Waals surface area contributed by atoms with Crippen LogP contribution in [-0.2, 0) is 20.4 Å². The summed E-state index contributed by atoms with van der Waals surface area (Å²) in [4.78, 5) is 18.5. The minimum absolute atomic E-state index is 0.304. The molecule has 1 heterocycles. The molecule has 2 aromatic rings. The normalized spacial score (nSPS) is 11.6. The van der Waals surface area contributed by atoms with Crippen LogP contribution in [0.5, 0.6) is 5.75 Å². The van der Waals surface area contributed by atoms with Gasteiger partial charge in [0.25, 0.3) is 0 Å². The molecule has 0 saturated carbocycles.